The molecule has 0 saturated carbocycles. The molecule has 2 aromatic carbocycles. The summed E-state index contributed by atoms with van der Waals surface area (Å²) in [6.07, 6.45) is 0.862. The van der Waals surface area contributed by atoms with E-state index in [2.05, 4.69) is 31.2 Å². The van der Waals surface area contributed by atoms with E-state index in [0.717, 1.165) is 12.0 Å². The highest BCUT2D eigenvalue weighted by atomic mass is 19.1. The van der Waals surface area contributed by atoms with Crippen LogP contribution in [0.15, 0.2) is 42.5 Å². The quantitative estimate of drug-likeness (QED) is 0.708. The van der Waals surface area contributed by atoms with Crippen LogP contribution < -0.4 is 0 Å². The lowest BCUT2D eigenvalue weighted by atomic mass is 10.0. The third kappa shape index (κ3) is 2.48. The zero-order valence-electron chi connectivity index (χ0n) is 9.63. The minimum Gasteiger partial charge on any atom is -0.207 e. The van der Waals surface area contributed by atoms with E-state index in [1.165, 1.54) is 11.1 Å². The maximum Gasteiger partial charge on any atom is 0.126 e. The normalized spacial score (nSPS) is 10.4. The number of hydrogen-bond acceptors (Lipinski definition) is 0. The summed E-state index contributed by atoms with van der Waals surface area (Å²) in [6.45, 7) is 3.87. The molecule has 0 amide bonds. The molecular formula is C15H15F. The maximum absolute atomic E-state index is 13.1. The summed E-state index contributed by atoms with van der Waals surface area (Å²) in [5, 5.41) is 0. The minimum absolute atomic E-state index is 0.132. The molecule has 0 atom stereocenters. The van der Waals surface area contributed by atoms with Crippen LogP contribution in [0.1, 0.15) is 22.3 Å². The van der Waals surface area contributed by atoms with Gasteiger partial charge in [-0.25, -0.2) is 4.39 Å². The summed E-state index contributed by atoms with van der Waals surface area (Å²) in [4.78, 5) is 0. The van der Waals surface area contributed by atoms with E-state index in [0.29, 0.717) is 5.56 Å². The minimum atomic E-state index is -0.132. The van der Waals surface area contributed by atoms with Crippen LogP contribution >= 0.6 is 0 Å². The predicted molar refractivity (Wildman–Crippen MR) is 65.1 cm³/mol. The summed E-state index contributed by atoms with van der Waals surface area (Å²) in [5.41, 5.74) is 4.39. The zero-order valence-corrected chi connectivity index (χ0v) is 9.63. The number of benzene rings is 2. The van der Waals surface area contributed by atoms with Crippen LogP contribution in [-0.4, -0.2) is 0 Å². The van der Waals surface area contributed by atoms with Gasteiger partial charge in [0.1, 0.15) is 5.82 Å². The van der Waals surface area contributed by atoms with Crippen LogP contribution in [-0.2, 0) is 6.42 Å². The second-order valence-electron chi connectivity index (χ2n) is 4.25. The molecule has 2 aromatic rings. The van der Waals surface area contributed by atoms with Crippen molar-refractivity contribution in [1.29, 1.82) is 0 Å². The van der Waals surface area contributed by atoms with Crippen molar-refractivity contribution in [3.05, 3.63) is 70.5 Å². The van der Waals surface area contributed by atoms with Crippen LogP contribution in [0.5, 0.6) is 0 Å². The first-order chi connectivity index (χ1) is 7.65. The van der Waals surface area contributed by atoms with Gasteiger partial charge >= 0.3 is 0 Å². The molecule has 0 aliphatic rings. The first kappa shape index (κ1) is 10.9. The Morgan fingerprint density at radius 1 is 0.875 bits per heavy atom. The van der Waals surface area contributed by atoms with Crippen LogP contribution in [0.2, 0.25) is 0 Å². The van der Waals surface area contributed by atoms with Crippen LogP contribution in [0.3, 0.4) is 0 Å². The third-order valence-electron chi connectivity index (χ3n) is 2.75. The molecule has 2 rings (SSSR count). The molecule has 0 nitrogen and oxygen atoms in total. The topological polar surface area (TPSA) is 0 Å². The fourth-order valence-electron chi connectivity index (χ4n) is 1.76. The zero-order chi connectivity index (χ0) is 11.5. The van der Waals surface area contributed by atoms with E-state index < -0.39 is 0 Å². The van der Waals surface area contributed by atoms with Gasteiger partial charge in [-0.3, -0.25) is 0 Å². The summed E-state index contributed by atoms with van der Waals surface area (Å²) < 4.78 is 13.1. The lowest BCUT2D eigenvalue weighted by Crippen LogP contribution is -1.91. The molecule has 0 spiro atoms. The molecule has 16 heavy (non-hydrogen) atoms. The average Bonchev–Trinajstić information content (AvgIpc) is 2.27. The van der Waals surface area contributed by atoms with Gasteiger partial charge < -0.3 is 0 Å². The van der Waals surface area contributed by atoms with Crippen LogP contribution in [0, 0.1) is 19.7 Å². The van der Waals surface area contributed by atoms with Gasteiger partial charge in [0.2, 0.25) is 0 Å². The van der Waals surface area contributed by atoms with Gasteiger partial charge in [-0.05, 0) is 43.0 Å². The Morgan fingerprint density at radius 3 is 2.12 bits per heavy atom. The summed E-state index contributed by atoms with van der Waals surface area (Å²) in [6, 6.07) is 13.7. The smallest absolute Gasteiger partial charge is 0.126 e. The Labute approximate surface area is 95.7 Å². The Balaban J connectivity index is 2.20. The first-order valence-corrected chi connectivity index (χ1v) is 5.46. The van der Waals surface area contributed by atoms with Gasteiger partial charge in [0.15, 0.2) is 0 Å². The van der Waals surface area contributed by atoms with Crippen molar-refractivity contribution < 1.29 is 4.39 Å². The molecule has 0 saturated heterocycles. The highest BCUT2D eigenvalue weighted by molar-refractivity contribution is 5.31. The fourth-order valence-corrected chi connectivity index (χ4v) is 1.76. The first-order valence-electron chi connectivity index (χ1n) is 5.46. The Morgan fingerprint density at radius 2 is 1.50 bits per heavy atom. The van der Waals surface area contributed by atoms with Crippen LogP contribution in [0.4, 0.5) is 4.39 Å². The number of halogens is 1. The molecule has 1 heteroatoms. The number of aryl methyl sites for hydroxylation is 2. The van der Waals surface area contributed by atoms with E-state index >= 15 is 0 Å². The molecule has 0 fully saturated rings. The molecule has 0 N–H and O–H groups in total. The Kier molecular flexibility index (Phi) is 3.04. The molecule has 0 unspecified atom stereocenters. The summed E-state index contributed by atoms with van der Waals surface area (Å²) in [7, 11) is 0. The fraction of sp³-hybridized carbons (Fsp3) is 0.200. The van der Waals surface area contributed by atoms with Gasteiger partial charge in [-0.15, -0.1) is 0 Å². The molecular weight excluding hydrogens is 199 g/mol. The largest absolute Gasteiger partial charge is 0.207 e. The molecule has 0 aliphatic carbocycles. The predicted octanol–water partition coefficient (Wildman–Crippen LogP) is 4.03. The van der Waals surface area contributed by atoms with Crippen molar-refractivity contribution in [2.75, 3.05) is 0 Å². The Hall–Kier alpha value is -1.63. The van der Waals surface area contributed by atoms with Crippen molar-refractivity contribution >= 4 is 0 Å². The van der Waals surface area contributed by atoms with Gasteiger partial charge in [-0.1, -0.05) is 42.0 Å². The highest BCUT2D eigenvalue weighted by Gasteiger charge is 2.00. The molecule has 0 aliphatic heterocycles. The second-order valence-corrected chi connectivity index (χ2v) is 4.25. The molecule has 82 valence electrons. The van der Waals surface area contributed by atoms with Crippen molar-refractivity contribution in [3.63, 3.8) is 0 Å². The van der Waals surface area contributed by atoms with E-state index in [4.69, 9.17) is 0 Å². The summed E-state index contributed by atoms with van der Waals surface area (Å²) >= 11 is 0. The summed E-state index contributed by atoms with van der Waals surface area (Å²) in [5.74, 6) is -0.132. The van der Waals surface area contributed by atoms with Gasteiger partial charge in [0.05, 0.1) is 0 Å². The van der Waals surface area contributed by atoms with E-state index in [1.54, 1.807) is 13.0 Å². The number of hydrogen-bond donors (Lipinski definition) is 0. The second kappa shape index (κ2) is 4.48. The van der Waals surface area contributed by atoms with Crippen molar-refractivity contribution in [2.45, 2.75) is 20.3 Å². The molecule has 0 heterocycles. The van der Waals surface area contributed by atoms with E-state index in [-0.39, 0.29) is 5.82 Å². The monoisotopic (exact) mass is 214 g/mol. The molecule has 0 bridgehead atoms. The average molecular weight is 214 g/mol. The van der Waals surface area contributed by atoms with Crippen LogP contribution in [0.25, 0.3) is 0 Å². The highest BCUT2D eigenvalue weighted by Crippen LogP contribution is 2.14. The standard InChI is InChI=1S/C15H15F/c1-11-3-5-13(6-4-11)10-14-7-8-15(16)12(2)9-14/h3-9H,10H2,1-2H3. The van der Waals surface area contributed by atoms with Crippen molar-refractivity contribution in [2.24, 2.45) is 0 Å². The lowest BCUT2D eigenvalue weighted by Gasteiger charge is -2.04. The van der Waals surface area contributed by atoms with Gasteiger partial charge in [0, 0.05) is 0 Å². The van der Waals surface area contributed by atoms with Crippen molar-refractivity contribution in [1.82, 2.24) is 0 Å². The SMILES string of the molecule is Cc1ccc(Cc2ccc(F)c(C)c2)cc1. The van der Waals surface area contributed by atoms with E-state index in [9.17, 15) is 4.39 Å². The lowest BCUT2D eigenvalue weighted by molar-refractivity contribution is 0.618. The van der Waals surface area contributed by atoms with Gasteiger partial charge in [-0.2, -0.15) is 0 Å². The van der Waals surface area contributed by atoms with E-state index in [1.807, 2.05) is 12.1 Å². The molecule has 0 aromatic heterocycles. The molecule has 0 radical (unpaired) electrons. The third-order valence-corrected chi connectivity index (χ3v) is 2.75. The van der Waals surface area contributed by atoms with Gasteiger partial charge in [0.25, 0.3) is 0 Å². The van der Waals surface area contributed by atoms with Crippen molar-refractivity contribution in [3.8, 4) is 0 Å². The Bertz CT molecular complexity index is 483. The number of rotatable bonds is 2. The maximum atomic E-state index is 13.1.